The summed E-state index contributed by atoms with van der Waals surface area (Å²) in [5.74, 6) is -0.451. The summed E-state index contributed by atoms with van der Waals surface area (Å²) in [6, 6.07) is 10.9. The van der Waals surface area contributed by atoms with Crippen molar-refractivity contribution in [3.8, 4) is 5.75 Å². The summed E-state index contributed by atoms with van der Waals surface area (Å²) in [6.45, 7) is 3.86. The minimum atomic E-state index is -3.83. The number of rotatable bonds is 7. The van der Waals surface area contributed by atoms with Crippen LogP contribution in [0.5, 0.6) is 5.75 Å². The van der Waals surface area contributed by atoms with Crippen LogP contribution in [0.3, 0.4) is 0 Å². The third-order valence-corrected chi connectivity index (χ3v) is 9.51. The van der Waals surface area contributed by atoms with E-state index in [4.69, 9.17) is 26.2 Å². The van der Waals surface area contributed by atoms with Crippen LogP contribution in [-0.2, 0) is 26.8 Å². The summed E-state index contributed by atoms with van der Waals surface area (Å²) in [6.07, 6.45) is 1.28. The van der Waals surface area contributed by atoms with Crippen LogP contribution < -0.4 is 9.88 Å². The lowest BCUT2D eigenvalue weighted by Gasteiger charge is -2.40. The topological polar surface area (TPSA) is 81.9 Å². The Kier molecular flexibility index (Phi) is 5.92. The maximum Gasteiger partial charge on any atom is 0.214 e. The molecule has 5 nitrogen and oxygen atoms in total. The smallest absolute Gasteiger partial charge is 0.214 e. The second-order valence-electron chi connectivity index (χ2n) is 8.89. The van der Waals surface area contributed by atoms with Crippen molar-refractivity contribution < 1.29 is 22.3 Å². The van der Waals surface area contributed by atoms with Crippen molar-refractivity contribution >= 4 is 37.6 Å². The summed E-state index contributed by atoms with van der Waals surface area (Å²) in [4.78, 5) is 0. The highest BCUT2D eigenvalue weighted by Gasteiger charge is 2.52. The molecule has 31 heavy (non-hydrogen) atoms. The molecular formula is C22H24BrClFNO4S. The van der Waals surface area contributed by atoms with Gasteiger partial charge >= 0.3 is 0 Å². The van der Waals surface area contributed by atoms with Gasteiger partial charge in [-0.1, -0.05) is 41.9 Å². The molecule has 9 heteroatoms. The molecule has 2 aliphatic heterocycles. The maximum absolute atomic E-state index is 14.4. The quantitative estimate of drug-likeness (QED) is 0.405. The molecule has 0 radical (unpaired) electrons. The molecule has 0 aromatic heterocycles. The van der Waals surface area contributed by atoms with E-state index in [1.807, 2.05) is 30.3 Å². The molecule has 168 valence electrons. The van der Waals surface area contributed by atoms with Crippen molar-refractivity contribution in [1.82, 2.24) is 0 Å². The predicted octanol–water partition coefficient (Wildman–Crippen LogP) is 4.93. The summed E-state index contributed by atoms with van der Waals surface area (Å²) >= 11 is 9.57. The van der Waals surface area contributed by atoms with Crippen LogP contribution in [0.2, 0.25) is 5.02 Å². The van der Waals surface area contributed by atoms with Crippen LogP contribution in [0.1, 0.15) is 37.8 Å². The predicted molar refractivity (Wildman–Crippen MR) is 121 cm³/mol. The first-order valence-corrected chi connectivity index (χ1v) is 12.7. The van der Waals surface area contributed by atoms with Gasteiger partial charge in [0.2, 0.25) is 10.0 Å². The molecule has 0 amide bonds. The van der Waals surface area contributed by atoms with Gasteiger partial charge in [-0.15, -0.1) is 0 Å². The van der Waals surface area contributed by atoms with E-state index in [0.717, 1.165) is 11.1 Å². The SMILES string of the molecule is CC(C)(C[C@H](CC1CO1)[C@]1(c2ccccc2)Cc2c(cc(F)c(Cl)c2Br)O1)S(N)(=O)=O. The number of hydrogen-bond donors (Lipinski definition) is 1. The van der Waals surface area contributed by atoms with Crippen molar-refractivity contribution in [1.29, 1.82) is 0 Å². The lowest BCUT2D eigenvalue weighted by Crippen LogP contribution is -2.47. The number of ether oxygens (including phenoxy) is 2. The monoisotopic (exact) mass is 531 g/mol. The number of halogens is 3. The highest BCUT2D eigenvalue weighted by atomic mass is 79.9. The number of nitrogens with two attached hydrogens (primary N) is 1. The van der Waals surface area contributed by atoms with Gasteiger partial charge in [-0.3, -0.25) is 0 Å². The average molecular weight is 533 g/mol. The van der Waals surface area contributed by atoms with Gasteiger partial charge < -0.3 is 9.47 Å². The van der Waals surface area contributed by atoms with Gasteiger partial charge in [0.25, 0.3) is 0 Å². The molecule has 4 rings (SSSR count). The molecule has 2 aliphatic rings. The Bertz CT molecular complexity index is 1110. The second kappa shape index (κ2) is 7.99. The second-order valence-corrected chi connectivity index (χ2v) is 12.3. The van der Waals surface area contributed by atoms with Gasteiger partial charge in [-0.05, 0) is 48.2 Å². The average Bonchev–Trinajstić information content (AvgIpc) is 3.43. The highest BCUT2D eigenvalue weighted by molar-refractivity contribution is 9.10. The van der Waals surface area contributed by atoms with E-state index < -0.39 is 26.2 Å². The van der Waals surface area contributed by atoms with E-state index in [-0.39, 0.29) is 23.5 Å². The standard InChI is InChI=1S/C22H24BrClFNO4S/c1-21(2,31(26,27)28)10-14(8-15-12-29-15)22(13-6-4-3-5-7-13)11-16-18(30-22)9-17(25)20(24)19(16)23/h3-7,9,14-15H,8,10-12H2,1-2H3,(H2,26,27,28)/t14-,15?,22+/m0/s1. The zero-order valence-corrected chi connectivity index (χ0v) is 20.4. The van der Waals surface area contributed by atoms with E-state index in [1.54, 1.807) is 13.8 Å². The fourth-order valence-electron chi connectivity index (χ4n) is 4.38. The van der Waals surface area contributed by atoms with E-state index in [2.05, 4.69) is 15.9 Å². The number of hydrogen-bond acceptors (Lipinski definition) is 4. The Morgan fingerprint density at radius 1 is 1.35 bits per heavy atom. The molecule has 1 unspecified atom stereocenters. The van der Waals surface area contributed by atoms with E-state index in [0.29, 0.717) is 29.7 Å². The van der Waals surface area contributed by atoms with Gasteiger partial charge in [0.05, 0.1) is 22.5 Å². The maximum atomic E-state index is 14.4. The number of fused-ring (bicyclic) bond motifs is 1. The van der Waals surface area contributed by atoms with Crippen LogP contribution in [0.25, 0.3) is 0 Å². The first kappa shape index (κ1) is 23.0. The van der Waals surface area contributed by atoms with E-state index in [9.17, 15) is 12.8 Å². The lowest BCUT2D eigenvalue weighted by molar-refractivity contribution is 0.00834. The molecule has 2 N–H and O–H groups in total. The zero-order chi connectivity index (χ0) is 22.6. The van der Waals surface area contributed by atoms with Crippen molar-refractivity contribution in [2.24, 2.45) is 11.1 Å². The summed E-state index contributed by atoms with van der Waals surface area (Å²) in [5, 5.41) is 5.56. The van der Waals surface area contributed by atoms with Gasteiger partial charge in [0, 0.05) is 28.4 Å². The van der Waals surface area contributed by atoms with Crippen LogP contribution >= 0.6 is 27.5 Å². The molecular weight excluding hydrogens is 509 g/mol. The van der Waals surface area contributed by atoms with Crippen molar-refractivity contribution in [3.05, 3.63) is 62.8 Å². The van der Waals surface area contributed by atoms with E-state index >= 15 is 0 Å². The summed E-state index contributed by atoms with van der Waals surface area (Å²) in [5.41, 5.74) is 0.716. The van der Waals surface area contributed by atoms with Crippen molar-refractivity contribution in [2.75, 3.05) is 6.61 Å². The molecule has 2 aromatic rings. The fraction of sp³-hybridized carbons (Fsp3) is 0.455. The molecule has 2 aromatic carbocycles. The molecule has 3 atom stereocenters. The Balaban J connectivity index is 1.85. The normalized spacial score (nSPS) is 23.9. The first-order chi connectivity index (χ1) is 14.4. The van der Waals surface area contributed by atoms with Crippen LogP contribution in [-0.4, -0.2) is 25.9 Å². The number of epoxide rings is 1. The number of primary sulfonamides is 1. The summed E-state index contributed by atoms with van der Waals surface area (Å²) < 4.78 is 50.3. The van der Waals surface area contributed by atoms with Gasteiger partial charge in [0.1, 0.15) is 17.2 Å². The summed E-state index contributed by atoms with van der Waals surface area (Å²) in [7, 11) is -3.83. The lowest BCUT2D eigenvalue weighted by atomic mass is 9.72. The number of benzene rings is 2. The van der Waals surface area contributed by atoms with Crippen molar-refractivity contribution in [2.45, 2.75) is 49.6 Å². The van der Waals surface area contributed by atoms with Gasteiger partial charge in [0.15, 0.2) is 0 Å². The number of sulfonamides is 1. The highest BCUT2D eigenvalue weighted by Crippen LogP contribution is 2.53. The Labute approximate surface area is 195 Å². The Morgan fingerprint density at radius 3 is 2.58 bits per heavy atom. The van der Waals surface area contributed by atoms with Crippen LogP contribution in [0.15, 0.2) is 40.9 Å². The van der Waals surface area contributed by atoms with Gasteiger partial charge in [-0.2, -0.15) is 0 Å². The fourth-order valence-corrected chi connectivity index (χ4v) is 5.50. The minimum absolute atomic E-state index is 0.00171. The van der Waals surface area contributed by atoms with E-state index in [1.165, 1.54) is 6.07 Å². The molecule has 1 fully saturated rings. The van der Waals surface area contributed by atoms with Crippen LogP contribution in [0, 0.1) is 11.7 Å². The third kappa shape index (κ3) is 4.25. The third-order valence-electron chi connectivity index (χ3n) is 6.33. The minimum Gasteiger partial charge on any atom is -0.481 e. The molecule has 2 heterocycles. The Morgan fingerprint density at radius 2 is 2.00 bits per heavy atom. The molecule has 0 aliphatic carbocycles. The largest absolute Gasteiger partial charge is 0.481 e. The van der Waals surface area contributed by atoms with Crippen LogP contribution in [0.4, 0.5) is 4.39 Å². The molecule has 0 bridgehead atoms. The van der Waals surface area contributed by atoms with Gasteiger partial charge in [-0.25, -0.2) is 17.9 Å². The first-order valence-electron chi connectivity index (χ1n) is 9.99. The molecule has 1 saturated heterocycles. The molecule has 0 saturated carbocycles. The Hall–Kier alpha value is -1.19. The zero-order valence-electron chi connectivity index (χ0n) is 17.2. The molecule has 0 spiro atoms. The van der Waals surface area contributed by atoms with Crippen molar-refractivity contribution in [3.63, 3.8) is 0 Å².